The molecule has 0 saturated heterocycles. The molecule has 3 heteroatoms. The molecule has 1 atom stereocenters. The molecule has 1 rings (SSSR count). The lowest BCUT2D eigenvalue weighted by Crippen LogP contribution is -2.25. The van der Waals surface area contributed by atoms with Crippen molar-refractivity contribution in [3.8, 4) is 5.75 Å². The van der Waals surface area contributed by atoms with Crippen LogP contribution in [0.15, 0.2) is 30.3 Å². The van der Waals surface area contributed by atoms with Crippen LogP contribution >= 0.6 is 0 Å². The summed E-state index contributed by atoms with van der Waals surface area (Å²) in [6.45, 7) is 2.07. The predicted molar refractivity (Wildman–Crippen MR) is 50.3 cm³/mol. The molecule has 1 aromatic carbocycles. The molecule has 0 radical (unpaired) electrons. The van der Waals surface area contributed by atoms with Crippen molar-refractivity contribution >= 4 is 5.91 Å². The molecule has 70 valence electrons. The number of para-hydroxylation sites is 1. The van der Waals surface area contributed by atoms with Crippen LogP contribution in [-0.4, -0.2) is 12.5 Å². The maximum atomic E-state index is 10.7. The highest BCUT2D eigenvalue weighted by molar-refractivity contribution is 5.76. The van der Waals surface area contributed by atoms with Crippen LogP contribution in [0.3, 0.4) is 0 Å². The van der Waals surface area contributed by atoms with Gasteiger partial charge in [-0.1, -0.05) is 25.1 Å². The zero-order chi connectivity index (χ0) is 9.68. The summed E-state index contributed by atoms with van der Waals surface area (Å²) >= 11 is 0. The van der Waals surface area contributed by atoms with Gasteiger partial charge in [-0.2, -0.15) is 0 Å². The Morgan fingerprint density at radius 1 is 1.46 bits per heavy atom. The molecule has 13 heavy (non-hydrogen) atoms. The fourth-order valence-electron chi connectivity index (χ4n) is 0.820. The summed E-state index contributed by atoms with van der Waals surface area (Å²) < 4.78 is 5.33. The molecule has 0 bridgehead atoms. The maximum Gasteiger partial charge on any atom is 0.223 e. The van der Waals surface area contributed by atoms with Crippen LogP contribution in [0, 0.1) is 5.92 Å². The number of nitrogens with two attached hydrogens (primary N) is 1. The number of rotatable bonds is 4. The van der Waals surface area contributed by atoms with Crippen LogP contribution in [0.5, 0.6) is 5.75 Å². The summed E-state index contributed by atoms with van der Waals surface area (Å²) in [6, 6.07) is 9.35. The number of hydrogen-bond acceptors (Lipinski definition) is 2. The third-order valence-corrected chi connectivity index (χ3v) is 1.73. The lowest BCUT2D eigenvalue weighted by molar-refractivity contribution is -0.122. The van der Waals surface area contributed by atoms with Gasteiger partial charge in [0.25, 0.3) is 0 Å². The monoisotopic (exact) mass is 179 g/mol. The first-order chi connectivity index (χ1) is 6.20. The maximum absolute atomic E-state index is 10.7. The Kier molecular flexibility index (Phi) is 3.31. The zero-order valence-corrected chi connectivity index (χ0v) is 7.57. The number of amides is 1. The molecule has 0 aromatic heterocycles. The molecular formula is C10H13NO2. The Morgan fingerprint density at radius 2 is 2.08 bits per heavy atom. The molecule has 0 aliphatic rings. The van der Waals surface area contributed by atoms with Gasteiger partial charge in [0, 0.05) is 0 Å². The largest absolute Gasteiger partial charge is 0.493 e. The smallest absolute Gasteiger partial charge is 0.223 e. The van der Waals surface area contributed by atoms with Crippen molar-refractivity contribution in [1.29, 1.82) is 0 Å². The number of carbonyl (C=O) groups is 1. The highest BCUT2D eigenvalue weighted by Crippen LogP contribution is 2.09. The van der Waals surface area contributed by atoms with Crippen LogP contribution in [0.2, 0.25) is 0 Å². The van der Waals surface area contributed by atoms with Crippen LogP contribution in [0.1, 0.15) is 6.92 Å². The van der Waals surface area contributed by atoms with E-state index >= 15 is 0 Å². The SMILES string of the molecule is C[C@H](COc1ccccc1)C(N)=O. The molecule has 2 N–H and O–H groups in total. The summed E-state index contributed by atoms with van der Waals surface area (Å²) in [4.78, 5) is 10.7. The summed E-state index contributed by atoms with van der Waals surface area (Å²) in [6.07, 6.45) is 0. The number of carbonyl (C=O) groups excluding carboxylic acids is 1. The van der Waals surface area contributed by atoms with Gasteiger partial charge in [0.15, 0.2) is 0 Å². The van der Waals surface area contributed by atoms with E-state index in [1.807, 2.05) is 30.3 Å². The van der Waals surface area contributed by atoms with Crippen molar-refractivity contribution < 1.29 is 9.53 Å². The van der Waals surface area contributed by atoms with E-state index in [1.54, 1.807) is 6.92 Å². The minimum Gasteiger partial charge on any atom is -0.493 e. The van der Waals surface area contributed by atoms with Crippen LogP contribution < -0.4 is 10.5 Å². The van der Waals surface area contributed by atoms with E-state index in [0.717, 1.165) is 5.75 Å². The van der Waals surface area contributed by atoms with Gasteiger partial charge in [-0.05, 0) is 12.1 Å². The Hall–Kier alpha value is -1.51. The van der Waals surface area contributed by atoms with E-state index in [0.29, 0.717) is 6.61 Å². The molecule has 3 nitrogen and oxygen atoms in total. The third kappa shape index (κ3) is 3.15. The standard InChI is InChI=1S/C10H13NO2/c1-8(10(11)12)7-13-9-5-3-2-4-6-9/h2-6,8H,7H2,1H3,(H2,11,12)/t8-/m1/s1. The second-order valence-corrected chi connectivity index (χ2v) is 2.93. The van der Waals surface area contributed by atoms with Crippen molar-refractivity contribution in [3.05, 3.63) is 30.3 Å². The highest BCUT2D eigenvalue weighted by atomic mass is 16.5. The van der Waals surface area contributed by atoms with Crippen molar-refractivity contribution in [2.75, 3.05) is 6.61 Å². The third-order valence-electron chi connectivity index (χ3n) is 1.73. The fourth-order valence-corrected chi connectivity index (χ4v) is 0.820. The first-order valence-corrected chi connectivity index (χ1v) is 4.17. The van der Waals surface area contributed by atoms with Gasteiger partial charge < -0.3 is 10.5 Å². The highest BCUT2D eigenvalue weighted by Gasteiger charge is 2.08. The molecule has 1 aromatic rings. The Balaban J connectivity index is 2.39. The quantitative estimate of drug-likeness (QED) is 0.754. The van der Waals surface area contributed by atoms with Crippen molar-refractivity contribution in [2.24, 2.45) is 11.7 Å². The zero-order valence-electron chi connectivity index (χ0n) is 7.57. The molecule has 0 heterocycles. The molecule has 0 aliphatic carbocycles. The summed E-state index contributed by atoms with van der Waals surface area (Å²) in [7, 11) is 0. The summed E-state index contributed by atoms with van der Waals surface area (Å²) in [5.74, 6) is 0.173. The summed E-state index contributed by atoms with van der Waals surface area (Å²) in [5.41, 5.74) is 5.08. The van der Waals surface area contributed by atoms with Gasteiger partial charge in [-0.25, -0.2) is 0 Å². The Morgan fingerprint density at radius 3 is 2.62 bits per heavy atom. The normalized spacial score (nSPS) is 12.1. The second kappa shape index (κ2) is 4.50. The van der Waals surface area contributed by atoms with Gasteiger partial charge in [-0.3, -0.25) is 4.79 Å². The van der Waals surface area contributed by atoms with Gasteiger partial charge in [0.1, 0.15) is 5.75 Å². The van der Waals surface area contributed by atoms with Crippen molar-refractivity contribution in [2.45, 2.75) is 6.92 Å². The van der Waals surface area contributed by atoms with Gasteiger partial charge >= 0.3 is 0 Å². The molecule has 0 spiro atoms. The molecule has 0 aliphatic heterocycles. The van der Waals surface area contributed by atoms with Gasteiger partial charge in [0.05, 0.1) is 12.5 Å². The van der Waals surface area contributed by atoms with E-state index in [-0.39, 0.29) is 11.8 Å². The number of primary amides is 1. The molecule has 0 unspecified atom stereocenters. The first-order valence-electron chi connectivity index (χ1n) is 4.17. The second-order valence-electron chi connectivity index (χ2n) is 2.93. The lowest BCUT2D eigenvalue weighted by atomic mass is 10.2. The van der Waals surface area contributed by atoms with Gasteiger partial charge in [0.2, 0.25) is 5.91 Å². The average Bonchev–Trinajstić information content (AvgIpc) is 2.15. The number of ether oxygens (including phenoxy) is 1. The summed E-state index contributed by atoms with van der Waals surface area (Å²) in [5, 5.41) is 0. The van der Waals surface area contributed by atoms with Gasteiger partial charge in [-0.15, -0.1) is 0 Å². The predicted octanol–water partition coefficient (Wildman–Crippen LogP) is 1.19. The topological polar surface area (TPSA) is 52.3 Å². The van der Waals surface area contributed by atoms with Crippen LogP contribution in [0.4, 0.5) is 0 Å². The molecule has 0 saturated carbocycles. The minimum absolute atomic E-state index is 0.250. The van der Waals surface area contributed by atoms with Crippen molar-refractivity contribution in [3.63, 3.8) is 0 Å². The molecule has 0 fully saturated rings. The van der Waals surface area contributed by atoms with E-state index in [4.69, 9.17) is 10.5 Å². The van der Waals surface area contributed by atoms with E-state index in [1.165, 1.54) is 0 Å². The Bertz CT molecular complexity index is 272. The fraction of sp³-hybridized carbons (Fsp3) is 0.300. The van der Waals surface area contributed by atoms with Crippen LogP contribution in [-0.2, 0) is 4.79 Å². The first kappa shape index (κ1) is 9.58. The average molecular weight is 179 g/mol. The van der Waals surface area contributed by atoms with E-state index in [2.05, 4.69) is 0 Å². The lowest BCUT2D eigenvalue weighted by Gasteiger charge is -2.09. The van der Waals surface area contributed by atoms with E-state index < -0.39 is 0 Å². The van der Waals surface area contributed by atoms with E-state index in [9.17, 15) is 4.79 Å². The number of benzene rings is 1. The van der Waals surface area contributed by atoms with Crippen LogP contribution in [0.25, 0.3) is 0 Å². The number of hydrogen-bond donors (Lipinski definition) is 1. The van der Waals surface area contributed by atoms with Crippen molar-refractivity contribution in [1.82, 2.24) is 0 Å². The minimum atomic E-state index is -0.337. The molecular weight excluding hydrogens is 166 g/mol. The Labute approximate surface area is 77.5 Å². The molecule has 1 amide bonds.